The number of carboxylic acids is 1. The summed E-state index contributed by atoms with van der Waals surface area (Å²) in [5, 5.41) is 12.6. The molecule has 2 aromatic rings. The van der Waals surface area contributed by atoms with Crippen molar-refractivity contribution in [1.29, 1.82) is 0 Å². The molecule has 0 saturated carbocycles. The Hall–Kier alpha value is -1.88. The molecule has 0 fully saturated rings. The van der Waals surface area contributed by atoms with Crippen molar-refractivity contribution in [1.82, 2.24) is 5.16 Å². The van der Waals surface area contributed by atoms with Gasteiger partial charge >= 0.3 is 5.97 Å². The molecule has 0 unspecified atom stereocenters. The highest BCUT2D eigenvalue weighted by Gasteiger charge is 2.21. The summed E-state index contributed by atoms with van der Waals surface area (Å²) in [7, 11) is 0. The van der Waals surface area contributed by atoms with E-state index >= 15 is 0 Å². The maximum atomic E-state index is 13.0. The van der Waals surface area contributed by atoms with Crippen LogP contribution in [-0.2, 0) is 0 Å². The van der Waals surface area contributed by atoms with E-state index in [0.717, 1.165) is 6.07 Å². The second-order valence-electron chi connectivity index (χ2n) is 3.40. The van der Waals surface area contributed by atoms with Crippen LogP contribution in [0.25, 0.3) is 11.3 Å². The number of benzene rings is 1. The molecule has 0 saturated heterocycles. The van der Waals surface area contributed by atoms with Gasteiger partial charge in [0.05, 0.1) is 5.02 Å². The molecule has 0 amide bonds. The van der Waals surface area contributed by atoms with Gasteiger partial charge in [0.1, 0.15) is 22.8 Å². The van der Waals surface area contributed by atoms with Crippen LogP contribution in [0.1, 0.15) is 16.1 Å². The summed E-state index contributed by atoms with van der Waals surface area (Å²) in [5.41, 5.74) is 0.482. The van der Waals surface area contributed by atoms with Crippen molar-refractivity contribution in [2.75, 3.05) is 0 Å². The smallest absolute Gasteiger partial charge is 0.341 e. The van der Waals surface area contributed by atoms with E-state index in [-0.39, 0.29) is 22.0 Å². The summed E-state index contributed by atoms with van der Waals surface area (Å²) in [6.45, 7) is 1.49. The summed E-state index contributed by atoms with van der Waals surface area (Å²) in [4.78, 5) is 11.0. The molecule has 4 nitrogen and oxygen atoms in total. The van der Waals surface area contributed by atoms with Crippen LogP contribution in [0.4, 0.5) is 4.39 Å². The summed E-state index contributed by atoms with van der Waals surface area (Å²) < 4.78 is 17.8. The first kappa shape index (κ1) is 11.6. The monoisotopic (exact) mass is 255 g/mol. The number of nitrogens with zero attached hydrogens (tertiary/aromatic N) is 1. The van der Waals surface area contributed by atoms with E-state index < -0.39 is 11.8 Å². The predicted octanol–water partition coefficient (Wildman–Crippen LogP) is 3.14. The topological polar surface area (TPSA) is 63.3 Å². The van der Waals surface area contributed by atoms with E-state index in [4.69, 9.17) is 21.2 Å². The molecular formula is C11H7ClFNO3. The van der Waals surface area contributed by atoms with Gasteiger partial charge in [0.25, 0.3) is 0 Å². The number of aromatic carboxylic acids is 1. The maximum Gasteiger partial charge on any atom is 0.341 e. The first-order valence-electron chi connectivity index (χ1n) is 4.65. The minimum absolute atomic E-state index is 0.0484. The molecule has 0 aliphatic rings. The predicted molar refractivity (Wildman–Crippen MR) is 58.6 cm³/mol. The normalized spacial score (nSPS) is 10.5. The number of hydrogen-bond donors (Lipinski definition) is 1. The Labute approximate surface area is 101 Å². The average Bonchev–Trinajstić information content (AvgIpc) is 2.64. The maximum absolute atomic E-state index is 13.0. The van der Waals surface area contributed by atoms with E-state index in [2.05, 4.69) is 5.16 Å². The molecule has 0 spiro atoms. The molecule has 0 radical (unpaired) electrons. The third kappa shape index (κ3) is 2.01. The van der Waals surface area contributed by atoms with Crippen LogP contribution in [0.5, 0.6) is 0 Å². The minimum atomic E-state index is -1.15. The van der Waals surface area contributed by atoms with Crippen LogP contribution in [0.3, 0.4) is 0 Å². The van der Waals surface area contributed by atoms with Crippen molar-refractivity contribution < 1.29 is 18.8 Å². The zero-order valence-corrected chi connectivity index (χ0v) is 9.45. The van der Waals surface area contributed by atoms with Crippen LogP contribution < -0.4 is 0 Å². The quantitative estimate of drug-likeness (QED) is 0.895. The molecule has 1 N–H and O–H groups in total. The second kappa shape index (κ2) is 4.18. The van der Waals surface area contributed by atoms with Gasteiger partial charge in [0.15, 0.2) is 0 Å². The number of carbonyl (C=O) groups is 1. The van der Waals surface area contributed by atoms with Gasteiger partial charge in [-0.25, -0.2) is 9.18 Å². The van der Waals surface area contributed by atoms with Crippen LogP contribution >= 0.6 is 11.6 Å². The number of aromatic nitrogens is 1. The molecular weight excluding hydrogens is 249 g/mol. The molecule has 0 bridgehead atoms. The van der Waals surface area contributed by atoms with E-state index in [1.165, 1.54) is 19.1 Å². The molecule has 0 atom stereocenters. The van der Waals surface area contributed by atoms with Crippen molar-refractivity contribution in [2.24, 2.45) is 0 Å². The van der Waals surface area contributed by atoms with Gasteiger partial charge in [-0.2, -0.15) is 0 Å². The van der Waals surface area contributed by atoms with Crippen molar-refractivity contribution in [2.45, 2.75) is 6.92 Å². The molecule has 88 valence electrons. The Morgan fingerprint density at radius 2 is 2.24 bits per heavy atom. The number of halogens is 2. The lowest BCUT2D eigenvalue weighted by Crippen LogP contribution is -1.99. The highest BCUT2D eigenvalue weighted by molar-refractivity contribution is 6.31. The largest absolute Gasteiger partial charge is 0.477 e. The molecule has 2 rings (SSSR count). The molecule has 1 aromatic carbocycles. The van der Waals surface area contributed by atoms with Crippen molar-refractivity contribution >= 4 is 17.6 Å². The molecule has 17 heavy (non-hydrogen) atoms. The van der Waals surface area contributed by atoms with Crippen molar-refractivity contribution in [3.63, 3.8) is 0 Å². The van der Waals surface area contributed by atoms with Gasteiger partial charge in [-0.1, -0.05) is 16.8 Å². The molecule has 0 aliphatic carbocycles. The van der Waals surface area contributed by atoms with Gasteiger partial charge in [0, 0.05) is 5.56 Å². The first-order valence-corrected chi connectivity index (χ1v) is 5.03. The highest BCUT2D eigenvalue weighted by atomic mass is 35.5. The fourth-order valence-corrected chi connectivity index (χ4v) is 1.65. The van der Waals surface area contributed by atoms with E-state index in [9.17, 15) is 9.18 Å². The van der Waals surface area contributed by atoms with Gasteiger partial charge in [-0.15, -0.1) is 0 Å². The molecule has 6 heteroatoms. The Balaban J connectivity index is 2.60. The minimum Gasteiger partial charge on any atom is -0.477 e. The molecule has 1 heterocycles. The van der Waals surface area contributed by atoms with E-state index in [0.29, 0.717) is 5.56 Å². The third-order valence-electron chi connectivity index (χ3n) is 2.27. The zero-order chi connectivity index (χ0) is 12.6. The van der Waals surface area contributed by atoms with Crippen LogP contribution in [0.2, 0.25) is 5.02 Å². The zero-order valence-electron chi connectivity index (χ0n) is 8.70. The standard InChI is InChI=1S/C11H7ClFNO3/c1-5-9(11(15)16)10(14-17-5)6-2-3-8(13)7(12)4-6/h2-4H,1H3,(H,15,16). The number of hydrogen-bond acceptors (Lipinski definition) is 3. The first-order chi connectivity index (χ1) is 8.00. The Morgan fingerprint density at radius 1 is 1.53 bits per heavy atom. The Morgan fingerprint density at radius 3 is 2.82 bits per heavy atom. The van der Waals surface area contributed by atoms with Crippen LogP contribution in [0, 0.1) is 12.7 Å². The van der Waals surface area contributed by atoms with E-state index in [1.807, 2.05) is 0 Å². The summed E-state index contributed by atoms with van der Waals surface area (Å²) in [6, 6.07) is 3.85. The Kier molecular flexibility index (Phi) is 2.85. The highest BCUT2D eigenvalue weighted by Crippen LogP contribution is 2.28. The van der Waals surface area contributed by atoms with Gasteiger partial charge in [-0.3, -0.25) is 0 Å². The van der Waals surface area contributed by atoms with Gasteiger partial charge in [0.2, 0.25) is 0 Å². The lowest BCUT2D eigenvalue weighted by Gasteiger charge is -2.00. The SMILES string of the molecule is Cc1onc(-c2ccc(F)c(Cl)c2)c1C(=O)O. The van der Waals surface area contributed by atoms with Crippen molar-refractivity contribution in [3.05, 3.63) is 40.4 Å². The number of aryl methyl sites for hydroxylation is 1. The average molecular weight is 256 g/mol. The van der Waals surface area contributed by atoms with E-state index in [1.54, 1.807) is 0 Å². The van der Waals surface area contributed by atoms with Crippen molar-refractivity contribution in [3.8, 4) is 11.3 Å². The number of rotatable bonds is 2. The number of carboxylic acid groups (broad SMARTS) is 1. The Bertz CT molecular complexity index is 594. The second-order valence-corrected chi connectivity index (χ2v) is 3.80. The summed E-state index contributed by atoms with van der Waals surface area (Å²) >= 11 is 5.62. The molecule has 0 aliphatic heterocycles. The molecule has 1 aromatic heterocycles. The third-order valence-corrected chi connectivity index (χ3v) is 2.56. The lowest BCUT2D eigenvalue weighted by molar-refractivity contribution is 0.0696. The van der Waals surface area contributed by atoms with Crippen LogP contribution in [0.15, 0.2) is 22.7 Å². The van der Waals surface area contributed by atoms with Crippen LogP contribution in [-0.4, -0.2) is 16.2 Å². The summed E-state index contributed by atoms with van der Waals surface area (Å²) in [5.74, 6) is -1.54. The van der Waals surface area contributed by atoms with Gasteiger partial charge in [-0.05, 0) is 25.1 Å². The lowest BCUT2D eigenvalue weighted by atomic mass is 10.1. The van der Waals surface area contributed by atoms with Gasteiger partial charge < -0.3 is 9.63 Å². The summed E-state index contributed by atoms with van der Waals surface area (Å²) in [6.07, 6.45) is 0. The fraction of sp³-hybridized carbons (Fsp3) is 0.0909. The fourth-order valence-electron chi connectivity index (χ4n) is 1.46.